The van der Waals surface area contributed by atoms with Crippen LogP contribution in [0, 0.1) is 13.8 Å². The third kappa shape index (κ3) is 4.98. The van der Waals surface area contributed by atoms with E-state index in [0.29, 0.717) is 30.6 Å². The first-order valence-electron chi connectivity index (χ1n) is 13.2. The molecule has 0 radical (unpaired) electrons. The van der Waals surface area contributed by atoms with Gasteiger partial charge in [-0.1, -0.05) is 70.9 Å². The minimum absolute atomic E-state index is 0.209. The molecule has 0 N–H and O–H groups in total. The molecule has 0 spiro atoms. The van der Waals surface area contributed by atoms with Crippen molar-refractivity contribution >= 4 is 63.6 Å². The number of rotatable bonds is 6. The number of esters is 1. The number of ether oxygens (including phenoxy) is 1. The maximum absolute atomic E-state index is 14.1. The third-order valence-corrected chi connectivity index (χ3v) is 9.75. The van der Waals surface area contributed by atoms with E-state index in [4.69, 9.17) is 32.9 Å². The van der Waals surface area contributed by atoms with Crippen molar-refractivity contribution in [2.24, 2.45) is 4.99 Å². The first-order chi connectivity index (χ1) is 20.3. The normalized spacial score (nSPS) is 15.1. The van der Waals surface area contributed by atoms with Crippen LogP contribution in [0.2, 0.25) is 10.0 Å². The zero-order chi connectivity index (χ0) is 29.5. The minimum Gasteiger partial charge on any atom is -0.463 e. The second-order valence-corrected chi connectivity index (χ2v) is 12.5. The largest absolute Gasteiger partial charge is 0.463 e. The summed E-state index contributed by atoms with van der Waals surface area (Å²) >= 11 is 15.2. The molecular formula is C32H25Cl2N3O3S2. The first-order valence-corrected chi connectivity index (χ1v) is 15.7. The number of aromatic nitrogens is 2. The molecule has 1 aliphatic rings. The van der Waals surface area contributed by atoms with Crippen LogP contribution in [0.15, 0.2) is 87.5 Å². The lowest BCUT2D eigenvalue weighted by molar-refractivity contribution is -0.138. The van der Waals surface area contributed by atoms with Gasteiger partial charge in [-0.3, -0.25) is 9.36 Å². The highest BCUT2D eigenvalue weighted by Crippen LogP contribution is 2.37. The van der Waals surface area contributed by atoms with Crippen molar-refractivity contribution in [2.45, 2.75) is 26.8 Å². The van der Waals surface area contributed by atoms with E-state index in [1.165, 1.54) is 22.7 Å². The van der Waals surface area contributed by atoms with E-state index in [-0.39, 0.29) is 12.2 Å². The molecule has 1 aliphatic heterocycles. The molecule has 5 aromatic rings. The molecule has 0 aliphatic carbocycles. The fraction of sp³-hybridized carbons (Fsp3) is 0.156. The van der Waals surface area contributed by atoms with Crippen molar-refractivity contribution in [3.8, 4) is 5.69 Å². The van der Waals surface area contributed by atoms with Gasteiger partial charge < -0.3 is 9.30 Å². The number of thiophene rings is 1. The molecule has 0 saturated heterocycles. The van der Waals surface area contributed by atoms with Gasteiger partial charge >= 0.3 is 5.97 Å². The predicted octanol–water partition coefficient (Wildman–Crippen LogP) is 6.71. The summed E-state index contributed by atoms with van der Waals surface area (Å²) in [6.45, 7) is 5.98. The Balaban J connectivity index is 1.57. The number of halogens is 2. The minimum atomic E-state index is -0.665. The molecule has 3 aromatic heterocycles. The summed E-state index contributed by atoms with van der Waals surface area (Å²) in [5.74, 6) is -0.488. The number of aryl methyl sites for hydroxylation is 1. The Hall–Kier alpha value is -3.69. The van der Waals surface area contributed by atoms with E-state index in [0.717, 1.165) is 33.1 Å². The summed E-state index contributed by atoms with van der Waals surface area (Å²) in [5.41, 5.74) is 5.13. The second kappa shape index (κ2) is 11.5. The van der Waals surface area contributed by atoms with Crippen LogP contribution in [0.25, 0.3) is 17.5 Å². The monoisotopic (exact) mass is 633 g/mol. The van der Waals surface area contributed by atoms with Crippen LogP contribution in [-0.2, 0) is 9.53 Å². The lowest BCUT2D eigenvalue weighted by Crippen LogP contribution is -2.39. The van der Waals surface area contributed by atoms with Crippen LogP contribution >= 0.6 is 45.9 Å². The van der Waals surface area contributed by atoms with Crippen molar-refractivity contribution in [1.29, 1.82) is 0 Å². The van der Waals surface area contributed by atoms with Gasteiger partial charge in [-0.2, -0.15) is 0 Å². The molecule has 1 atom stereocenters. The fourth-order valence-corrected chi connectivity index (χ4v) is 7.36. The maximum atomic E-state index is 14.1. The Kier molecular flexibility index (Phi) is 7.81. The zero-order valence-corrected chi connectivity index (χ0v) is 26.1. The summed E-state index contributed by atoms with van der Waals surface area (Å²) < 4.78 is 9.73. The van der Waals surface area contributed by atoms with E-state index >= 15 is 0 Å². The molecule has 10 heteroatoms. The lowest BCUT2D eigenvalue weighted by atomic mass is 9.97. The van der Waals surface area contributed by atoms with Gasteiger partial charge in [0, 0.05) is 27.5 Å². The Bertz CT molecular complexity index is 2040. The summed E-state index contributed by atoms with van der Waals surface area (Å²) in [7, 11) is 0. The lowest BCUT2D eigenvalue weighted by Gasteiger charge is -2.24. The average Bonchev–Trinajstić information content (AvgIpc) is 3.69. The van der Waals surface area contributed by atoms with Crippen LogP contribution in [-0.4, -0.2) is 21.7 Å². The van der Waals surface area contributed by atoms with Crippen LogP contribution < -0.4 is 14.9 Å². The first kappa shape index (κ1) is 28.4. The fourth-order valence-electron chi connectivity index (χ4n) is 5.25. The highest BCUT2D eigenvalue weighted by Gasteiger charge is 2.35. The highest BCUT2D eigenvalue weighted by molar-refractivity contribution is 7.10. The maximum Gasteiger partial charge on any atom is 0.338 e. The molecular weight excluding hydrogens is 609 g/mol. The SMILES string of the molecule is CCOC(=O)C1=C(c2ccccc2)N=c2s/c(=C\c3cc(C)n(-c4ccc(Cl)c(Cl)c4)c3C)c(=O)n2[C@H]1c1cccs1. The highest BCUT2D eigenvalue weighted by atomic mass is 35.5. The van der Waals surface area contributed by atoms with Gasteiger partial charge in [0.1, 0.15) is 6.04 Å². The van der Waals surface area contributed by atoms with Gasteiger partial charge in [0.05, 0.1) is 32.5 Å². The quantitative estimate of drug-likeness (QED) is 0.195. The molecule has 0 saturated carbocycles. The zero-order valence-electron chi connectivity index (χ0n) is 22.9. The van der Waals surface area contributed by atoms with Crippen molar-refractivity contribution < 1.29 is 9.53 Å². The molecule has 4 heterocycles. The number of carbonyl (C=O) groups is 1. The second-order valence-electron chi connectivity index (χ2n) is 9.71. The Morgan fingerprint density at radius 2 is 1.83 bits per heavy atom. The molecule has 212 valence electrons. The van der Waals surface area contributed by atoms with E-state index in [1.807, 2.05) is 86.0 Å². The summed E-state index contributed by atoms with van der Waals surface area (Å²) in [6.07, 6.45) is 1.89. The van der Waals surface area contributed by atoms with Crippen molar-refractivity contribution in [3.63, 3.8) is 0 Å². The van der Waals surface area contributed by atoms with Crippen molar-refractivity contribution in [2.75, 3.05) is 6.61 Å². The molecule has 42 heavy (non-hydrogen) atoms. The van der Waals surface area contributed by atoms with E-state index in [2.05, 4.69) is 4.57 Å². The van der Waals surface area contributed by atoms with Crippen LogP contribution in [0.5, 0.6) is 0 Å². The number of benzene rings is 2. The van der Waals surface area contributed by atoms with Gasteiger partial charge in [0.25, 0.3) is 5.56 Å². The summed E-state index contributed by atoms with van der Waals surface area (Å²) in [5, 5.41) is 2.90. The van der Waals surface area contributed by atoms with Crippen molar-refractivity contribution in [3.05, 3.63) is 135 Å². The Labute approximate surface area is 260 Å². The standard InChI is InChI=1S/C32H25Cl2N3O3S2/c1-4-40-31(39)27-28(20-9-6-5-7-10-20)35-32-37(29(27)25-11-8-14-41-25)30(38)26(42-32)16-21-15-18(2)36(19(21)3)22-12-13-23(33)24(34)17-22/h5-17,29H,4H2,1-3H3/b26-16-/t29-/m0/s1. The third-order valence-electron chi connectivity index (χ3n) is 7.10. The smallest absolute Gasteiger partial charge is 0.338 e. The van der Waals surface area contributed by atoms with Gasteiger partial charge in [0.15, 0.2) is 4.80 Å². The number of thiazole rings is 1. The molecule has 0 amide bonds. The van der Waals surface area contributed by atoms with Gasteiger partial charge in [-0.05, 0) is 68.1 Å². The number of carbonyl (C=O) groups excluding carboxylic acids is 1. The molecule has 0 bridgehead atoms. The number of hydrogen-bond acceptors (Lipinski definition) is 6. The van der Waals surface area contributed by atoms with E-state index < -0.39 is 12.0 Å². The molecule has 6 nitrogen and oxygen atoms in total. The molecule has 2 aromatic carbocycles. The van der Waals surface area contributed by atoms with Gasteiger partial charge in [-0.15, -0.1) is 11.3 Å². The number of hydrogen-bond donors (Lipinski definition) is 0. The molecule has 6 rings (SSSR count). The van der Waals surface area contributed by atoms with Crippen molar-refractivity contribution in [1.82, 2.24) is 9.13 Å². The van der Waals surface area contributed by atoms with Gasteiger partial charge in [-0.25, -0.2) is 9.79 Å². The van der Waals surface area contributed by atoms with E-state index in [9.17, 15) is 9.59 Å². The van der Waals surface area contributed by atoms with Crippen LogP contribution in [0.3, 0.4) is 0 Å². The summed E-state index contributed by atoms with van der Waals surface area (Å²) in [4.78, 5) is 33.9. The van der Waals surface area contributed by atoms with Crippen LogP contribution in [0.4, 0.5) is 0 Å². The topological polar surface area (TPSA) is 65.6 Å². The van der Waals surface area contributed by atoms with E-state index in [1.54, 1.807) is 17.6 Å². The molecule has 0 unspecified atom stereocenters. The Morgan fingerprint density at radius 3 is 2.52 bits per heavy atom. The number of fused-ring (bicyclic) bond motifs is 1. The predicted molar refractivity (Wildman–Crippen MR) is 171 cm³/mol. The van der Waals surface area contributed by atoms with Crippen LogP contribution in [0.1, 0.15) is 40.4 Å². The number of nitrogens with zero attached hydrogens (tertiary/aromatic N) is 3. The molecule has 0 fully saturated rings. The van der Waals surface area contributed by atoms with Gasteiger partial charge in [0.2, 0.25) is 0 Å². The Morgan fingerprint density at radius 1 is 1.05 bits per heavy atom. The average molecular weight is 635 g/mol. The summed E-state index contributed by atoms with van der Waals surface area (Å²) in [6, 6.07) is 20.3.